The van der Waals surface area contributed by atoms with Crippen LogP contribution in [0.1, 0.15) is 5.56 Å². The minimum atomic E-state index is -0.301. The van der Waals surface area contributed by atoms with Crippen LogP contribution in [0, 0.1) is 0 Å². The summed E-state index contributed by atoms with van der Waals surface area (Å²) in [6.07, 6.45) is 0.693. The Morgan fingerprint density at radius 1 is 1.32 bits per heavy atom. The van der Waals surface area contributed by atoms with E-state index < -0.39 is 0 Å². The van der Waals surface area contributed by atoms with E-state index >= 15 is 0 Å². The molecular weight excluding hydrogens is 342 g/mol. The molecule has 0 aliphatic carbocycles. The van der Waals surface area contributed by atoms with E-state index in [4.69, 9.17) is 0 Å². The second-order valence-corrected chi connectivity index (χ2v) is 6.35. The third-order valence-corrected chi connectivity index (χ3v) is 4.56. The van der Waals surface area contributed by atoms with E-state index in [9.17, 15) is 14.4 Å². The highest BCUT2D eigenvalue weighted by Crippen LogP contribution is 2.14. The molecule has 0 spiro atoms. The SMILES string of the molecule is CNC(=O)CN(C)C(=O)CSc1n[nH]c(=O)n1CCc1ccccc1. The zero-order valence-electron chi connectivity index (χ0n) is 14.2. The van der Waals surface area contributed by atoms with Crippen molar-refractivity contribution in [3.8, 4) is 0 Å². The fourth-order valence-corrected chi connectivity index (χ4v) is 3.03. The van der Waals surface area contributed by atoms with Crippen LogP contribution in [-0.4, -0.2) is 57.9 Å². The van der Waals surface area contributed by atoms with Gasteiger partial charge in [-0.15, -0.1) is 5.10 Å². The van der Waals surface area contributed by atoms with Gasteiger partial charge in [0.05, 0.1) is 12.3 Å². The number of hydrogen-bond acceptors (Lipinski definition) is 5. The molecule has 0 saturated carbocycles. The van der Waals surface area contributed by atoms with Crippen LogP contribution in [0.15, 0.2) is 40.3 Å². The molecule has 9 heteroatoms. The van der Waals surface area contributed by atoms with Crippen molar-refractivity contribution in [3.63, 3.8) is 0 Å². The summed E-state index contributed by atoms with van der Waals surface area (Å²) < 4.78 is 1.52. The number of hydrogen-bond donors (Lipinski definition) is 2. The van der Waals surface area contributed by atoms with Crippen LogP contribution < -0.4 is 11.0 Å². The molecule has 1 aromatic carbocycles. The van der Waals surface area contributed by atoms with Gasteiger partial charge in [0.1, 0.15) is 0 Å². The molecule has 0 bridgehead atoms. The third-order valence-electron chi connectivity index (χ3n) is 3.60. The van der Waals surface area contributed by atoms with E-state index in [1.54, 1.807) is 7.05 Å². The second kappa shape index (κ2) is 9.07. The van der Waals surface area contributed by atoms with Crippen LogP contribution in [0.4, 0.5) is 0 Å². The van der Waals surface area contributed by atoms with E-state index in [0.29, 0.717) is 18.1 Å². The number of rotatable bonds is 8. The number of H-pyrrole nitrogens is 1. The zero-order valence-corrected chi connectivity index (χ0v) is 15.0. The summed E-state index contributed by atoms with van der Waals surface area (Å²) >= 11 is 1.17. The normalized spacial score (nSPS) is 10.5. The molecule has 2 N–H and O–H groups in total. The molecule has 1 heterocycles. The molecule has 0 unspecified atom stereocenters. The number of carbonyl (C=O) groups excluding carboxylic acids is 2. The fraction of sp³-hybridized carbons (Fsp3) is 0.375. The van der Waals surface area contributed by atoms with Crippen LogP contribution in [0.3, 0.4) is 0 Å². The lowest BCUT2D eigenvalue weighted by Gasteiger charge is -2.15. The van der Waals surface area contributed by atoms with Gasteiger partial charge in [-0.2, -0.15) is 0 Å². The lowest BCUT2D eigenvalue weighted by atomic mass is 10.1. The van der Waals surface area contributed by atoms with Crippen LogP contribution in [0.5, 0.6) is 0 Å². The highest BCUT2D eigenvalue weighted by atomic mass is 32.2. The number of carbonyl (C=O) groups is 2. The summed E-state index contributed by atoms with van der Waals surface area (Å²) in [5, 5.41) is 9.32. The molecule has 2 amide bonds. The molecule has 8 nitrogen and oxygen atoms in total. The molecule has 2 aromatic rings. The quantitative estimate of drug-likeness (QED) is 0.649. The Balaban J connectivity index is 1.93. The maximum Gasteiger partial charge on any atom is 0.343 e. The monoisotopic (exact) mass is 363 g/mol. The van der Waals surface area contributed by atoms with Gasteiger partial charge in [0.25, 0.3) is 0 Å². The first-order chi connectivity index (χ1) is 12.0. The predicted octanol–water partition coefficient (Wildman–Crippen LogP) is 0.111. The standard InChI is InChI=1S/C16H21N5O3S/c1-17-13(22)10-20(2)14(23)11-25-16-19-18-15(24)21(16)9-8-12-6-4-3-5-7-12/h3-7H,8-11H2,1-2H3,(H,17,22)(H,18,24). The van der Waals surface area contributed by atoms with E-state index in [1.165, 1.54) is 28.3 Å². The Labute approximate surface area is 149 Å². The summed E-state index contributed by atoms with van der Waals surface area (Å²) in [4.78, 5) is 36.6. The molecule has 0 atom stereocenters. The molecular formula is C16H21N5O3S. The number of benzene rings is 1. The number of aromatic amines is 1. The number of amides is 2. The van der Waals surface area contributed by atoms with E-state index in [0.717, 1.165) is 5.56 Å². The Kier molecular flexibility index (Phi) is 6.81. The Morgan fingerprint density at radius 2 is 2.04 bits per heavy atom. The number of aryl methyl sites for hydroxylation is 1. The van der Waals surface area contributed by atoms with Gasteiger partial charge in [0.2, 0.25) is 11.8 Å². The van der Waals surface area contributed by atoms with Crippen molar-refractivity contribution >= 4 is 23.6 Å². The summed E-state index contributed by atoms with van der Waals surface area (Å²) in [5.41, 5.74) is 0.817. The number of thioether (sulfide) groups is 1. The van der Waals surface area contributed by atoms with Crippen LogP contribution >= 0.6 is 11.8 Å². The minimum Gasteiger partial charge on any atom is -0.358 e. The van der Waals surface area contributed by atoms with Gasteiger partial charge in [0, 0.05) is 20.6 Å². The topological polar surface area (TPSA) is 100 Å². The van der Waals surface area contributed by atoms with Crippen LogP contribution in [0.2, 0.25) is 0 Å². The summed E-state index contributed by atoms with van der Waals surface area (Å²) in [7, 11) is 3.08. The van der Waals surface area contributed by atoms with Crippen molar-refractivity contribution in [2.75, 3.05) is 26.4 Å². The number of nitrogens with zero attached hydrogens (tertiary/aromatic N) is 3. The van der Waals surface area contributed by atoms with Crippen molar-refractivity contribution in [2.45, 2.75) is 18.1 Å². The molecule has 0 fully saturated rings. The molecule has 2 rings (SSSR count). The smallest absolute Gasteiger partial charge is 0.343 e. The molecule has 0 aliphatic heterocycles. The highest BCUT2D eigenvalue weighted by Gasteiger charge is 2.15. The first kappa shape index (κ1) is 18.8. The van der Waals surface area contributed by atoms with Gasteiger partial charge < -0.3 is 10.2 Å². The maximum atomic E-state index is 12.1. The third kappa shape index (κ3) is 5.49. The van der Waals surface area contributed by atoms with Gasteiger partial charge in [-0.05, 0) is 12.0 Å². The summed E-state index contributed by atoms with van der Waals surface area (Å²) in [6, 6.07) is 9.83. The van der Waals surface area contributed by atoms with Gasteiger partial charge in [-0.1, -0.05) is 42.1 Å². The molecule has 0 saturated heterocycles. The molecule has 0 radical (unpaired) electrons. The lowest BCUT2D eigenvalue weighted by molar-refractivity contribution is -0.132. The van der Waals surface area contributed by atoms with Crippen LogP contribution in [0.25, 0.3) is 0 Å². The van der Waals surface area contributed by atoms with Gasteiger partial charge >= 0.3 is 5.69 Å². The summed E-state index contributed by atoms with van der Waals surface area (Å²) in [5.74, 6) is -0.345. The average Bonchev–Trinajstić information content (AvgIpc) is 2.98. The van der Waals surface area contributed by atoms with Crippen molar-refractivity contribution in [1.29, 1.82) is 0 Å². The minimum absolute atomic E-state index is 0.00271. The van der Waals surface area contributed by atoms with E-state index in [2.05, 4.69) is 15.5 Å². The average molecular weight is 363 g/mol. The summed E-state index contributed by atoms with van der Waals surface area (Å²) in [6.45, 7) is 0.473. The largest absolute Gasteiger partial charge is 0.358 e. The highest BCUT2D eigenvalue weighted by molar-refractivity contribution is 7.99. The number of nitrogens with one attached hydrogen (secondary N) is 2. The maximum absolute atomic E-state index is 12.1. The molecule has 25 heavy (non-hydrogen) atoms. The van der Waals surface area contributed by atoms with Gasteiger partial charge in [0.15, 0.2) is 5.16 Å². The lowest BCUT2D eigenvalue weighted by Crippen LogP contribution is -2.37. The van der Waals surface area contributed by atoms with E-state index in [-0.39, 0.29) is 29.8 Å². The zero-order chi connectivity index (χ0) is 18.2. The first-order valence-corrected chi connectivity index (χ1v) is 8.76. The predicted molar refractivity (Wildman–Crippen MR) is 95.4 cm³/mol. The Hall–Kier alpha value is -2.55. The molecule has 0 aliphatic rings. The van der Waals surface area contributed by atoms with Gasteiger partial charge in [-0.25, -0.2) is 9.89 Å². The van der Waals surface area contributed by atoms with Crippen LogP contribution in [-0.2, 0) is 22.6 Å². The van der Waals surface area contributed by atoms with E-state index in [1.807, 2.05) is 30.3 Å². The van der Waals surface area contributed by atoms with Crippen molar-refractivity contribution < 1.29 is 9.59 Å². The second-order valence-electron chi connectivity index (χ2n) is 5.41. The van der Waals surface area contributed by atoms with Crippen molar-refractivity contribution in [3.05, 3.63) is 46.4 Å². The van der Waals surface area contributed by atoms with Crippen molar-refractivity contribution in [2.24, 2.45) is 0 Å². The van der Waals surface area contributed by atoms with Crippen molar-refractivity contribution in [1.82, 2.24) is 25.0 Å². The number of aromatic nitrogens is 3. The molecule has 134 valence electrons. The Bertz CT molecular complexity index is 772. The molecule has 1 aromatic heterocycles. The Morgan fingerprint density at radius 3 is 2.72 bits per heavy atom. The van der Waals surface area contributed by atoms with Gasteiger partial charge in [-0.3, -0.25) is 14.2 Å². The first-order valence-electron chi connectivity index (χ1n) is 7.77. The number of likely N-dealkylation sites (N-methyl/N-ethyl adjacent to an activating group) is 2. The fourth-order valence-electron chi connectivity index (χ4n) is 2.12.